The topological polar surface area (TPSA) is 151 Å². The minimum atomic E-state index is -4.02. The highest BCUT2D eigenvalue weighted by atomic mass is 32.2. The molecule has 0 fully saturated rings. The molecule has 0 aromatic heterocycles. The van der Waals surface area contributed by atoms with Crippen LogP contribution in [0.3, 0.4) is 0 Å². The summed E-state index contributed by atoms with van der Waals surface area (Å²) >= 11 is 0. The van der Waals surface area contributed by atoms with Crippen molar-refractivity contribution in [2.45, 2.75) is 31.2 Å². The second-order valence-electron chi connectivity index (χ2n) is 6.94. The number of nitro benzene ring substituents is 2. The molecule has 29 heavy (non-hydrogen) atoms. The molecule has 0 spiro atoms. The summed E-state index contributed by atoms with van der Waals surface area (Å²) in [7, 11) is -2.72. The summed E-state index contributed by atoms with van der Waals surface area (Å²) in [6.45, 7) is 4.89. The predicted octanol–water partition coefficient (Wildman–Crippen LogP) is 3.38. The summed E-state index contributed by atoms with van der Waals surface area (Å²) < 4.78 is 37.8. The Labute approximate surface area is 166 Å². The van der Waals surface area contributed by atoms with Gasteiger partial charge in [-0.05, 0) is 39.0 Å². The fourth-order valence-corrected chi connectivity index (χ4v) is 3.77. The largest absolute Gasteiger partial charge is 0.493 e. The minimum absolute atomic E-state index is 0.107. The van der Waals surface area contributed by atoms with E-state index >= 15 is 0 Å². The maximum atomic E-state index is 12.4. The number of nitrogens with zero attached hydrogens (tertiary/aromatic N) is 2. The van der Waals surface area contributed by atoms with Crippen LogP contribution >= 0.6 is 0 Å². The van der Waals surface area contributed by atoms with E-state index in [1.54, 1.807) is 20.8 Å². The van der Waals surface area contributed by atoms with Crippen molar-refractivity contribution in [3.8, 4) is 17.2 Å². The Bertz CT molecular complexity index is 1060. The number of nitro groups is 2. The summed E-state index contributed by atoms with van der Waals surface area (Å²) in [6.07, 6.45) is 0. The van der Waals surface area contributed by atoms with Crippen molar-refractivity contribution in [2.75, 3.05) is 7.11 Å². The molecule has 0 unspecified atom stereocenters. The van der Waals surface area contributed by atoms with Gasteiger partial charge in [-0.2, -0.15) is 0 Å². The van der Waals surface area contributed by atoms with Crippen molar-refractivity contribution < 1.29 is 27.7 Å². The van der Waals surface area contributed by atoms with E-state index in [0.717, 1.165) is 24.3 Å². The van der Waals surface area contributed by atoms with Gasteiger partial charge in [-0.3, -0.25) is 20.2 Å². The Morgan fingerprint density at radius 1 is 0.931 bits per heavy atom. The lowest BCUT2D eigenvalue weighted by Crippen LogP contribution is -2.40. The van der Waals surface area contributed by atoms with Crippen LogP contribution in [0.15, 0.2) is 41.3 Å². The van der Waals surface area contributed by atoms with Crippen LogP contribution in [0.25, 0.3) is 0 Å². The molecule has 2 rings (SSSR count). The number of benzene rings is 2. The smallest absolute Gasteiger partial charge is 0.312 e. The van der Waals surface area contributed by atoms with E-state index in [0.29, 0.717) is 0 Å². The van der Waals surface area contributed by atoms with E-state index < -0.39 is 31.1 Å². The van der Waals surface area contributed by atoms with Crippen molar-refractivity contribution in [1.29, 1.82) is 0 Å². The quantitative estimate of drug-likeness (QED) is 0.523. The lowest BCUT2D eigenvalue weighted by Gasteiger charge is -2.20. The molecule has 0 aliphatic heterocycles. The molecule has 2 aromatic rings. The first kappa shape index (κ1) is 22.0. The van der Waals surface area contributed by atoms with Crippen molar-refractivity contribution in [3.63, 3.8) is 0 Å². The minimum Gasteiger partial charge on any atom is -0.493 e. The number of methoxy groups -OCH3 is 1. The van der Waals surface area contributed by atoms with Crippen molar-refractivity contribution in [3.05, 3.63) is 56.6 Å². The van der Waals surface area contributed by atoms with E-state index in [4.69, 9.17) is 9.47 Å². The summed E-state index contributed by atoms with van der Waals surface area (Å²) in [5, 5.41) is 22.5. The van der Waals surface area contributed by atoms with Gasteiger partial charge in [-0.1, -0.05) is 0 Å². The fourth-order valence-electron chi connectivity index (χ4n) is 2.33. The fraction of sp³-hybridized carbons (Fsp3) is 0.294. The highest BCUT2D eigenvalue weighted by Crippen LogP contribution is 2.39. The number of non-ortho nitro benzene ring substituents is 1. The first-order valence-corrected chi connectivity index (χ1v) is 9.65. The Morgan fingerprint density at radius 3 is 2.07 bits per heavy atom. The van der Waals surface area contributed by atoms with Gasteiger partial charge in [0, 0.05) is 17.7 Å². The van der Waals surface area contributed by atoms with Gasteiger partial charge in [-0.15, -0.1) is 0 Å². The molecule has 0 aliphatic carbocycles. The average Bonchev–Trinajstić information content (AvgIpc) is 2.59. The van der Waals surface area contributed by atoms with E-state index in [-0.39, 0.29) is 27.8 Å². The van der Waals surface area contributed by atoms with Gasteiger partial charge in [-0.25, -0.2) is 13.1 Å². The second-order valence-corrected chi connectivity index (χ2v) is 8.62. The van der Waals surface area contributed by atoms with Gasteiger partial charge < -0.3 is 9.47 Å². The predicted molar refractivity (Wildman–Crippen MR) is 103 cm³/mol. The van der Waals surface area contributed by atoms with Crippen molar-refractivity contribution >= 4 is 21.4 Å². The Balaban J connectivity index is 2.52. The number of hydrogen-bond acceptors (Lipinski definition) is 8. The zero-order valence-electron chi connectivity index (χ0n) is 16.0. The Kier molecular flexibility index (Phi) is 6.09. The summed E-state index contributed by atoms with van der Waals surface area (Å²) in [5.41, 5.74) is -1.73. The van der Waals surface area contributed by atoms with Crippen LogP contribution in [0, 0.1) is 20.2 Å². The van der Waals surface area contributed by atoms with Crippen LogP contribution in [-0.2, 0) is 10.0 Å². The van der Waals surface area contributed by atoms with E-state index in [1.807, 2.05) is 0 Å². The third-order valence-electron chi connectivity index (χ3n) is 3.46. The van der Waals surface area contributed by atoms with E-state index in [9.17, 15) is 28.6 Å². The molecule has 0 saturated heterocycles. The summed E-state index contributed by atoms with van der Waals surface area (Å²) in [5.74, 6) is -0.326. The van der Waals surface area contributed by atoms with Crippen LogP contribution in [0.4, 0.5) is 11.4 Å². The highest BCUT2D eigenvalue weighted by molar-refractivity contribution is 7.89. The molecular weight excluding hydrogens is 406 g/mol. The van der Waals surface area contributed by atoms with Gasteiger partial charge in [0.25, 0.3) is 5.69 Å². The Morgan fingerprint density at radius 2 is 1.55 bits per heavy atom. The molecule has 156 valence electrons. The van der Waals surface area contributed by atoms with Gasteiger partial charge >= 0.3 is 5.69 Å². The molecule has 0 saturated carbocycles. The van der Waals surface area contributed by atoms with Crippen LogP contribution < -0.4 is 14.2 Å². The summed E-state index contributed by atoms with van der Waals surface area (Å²) in [6, 6.07) is 6.62. The molecule has 0 amide bonds. The molecule has 0 aliphatic rings. The van der Waals surface area contributed by atoms with Crippen molar-refractivity contribution in [2.24, 2.45) is 0 Å². The average molecular weight is 425 g/mol. The first-order chi connectivity index (χ1) is 13.3. The molecule has 2 aromatic carbocycles. The Hall–Kier alpha value is -3.25. The van der Waals surface area contributed by atoms with Crippen LogP contribution in [-0.4, -0.2) is 30.9 Å². The highest BCUT2D eigenvalue weighted by Gasteiger charge is 2.27. The normalized spacial score (nSPS) is 11.7. The molecule has 0 bridgehead atoms. The molecule has 0 radical (unpaired) electrons. The van der Waals surface area contributed by atoms with E-state index in [2.05, 4.69) is 4.72 Å². The number of sulfonamides is 1. The molecule has 12 heteroatoms. The number of rotatable bonds is 7. The van der Waals surface area contributed by atoms with E-state index in [1.165, 1.54) is 19.2 Å². The standard InChI is InChI=1S/C17H19N3O8S/c1-17(2,3)18-29(25,26)12-6-8-14(13(10-12)20(23)24)28-16-9-11(19(21)22)5-7-15(16)27-4/h5-10,18H,1-4H3. The van der Waals surface area contributed by atoms with Crippen LogP contribution in [0.5, 0.6) is 17.2 Å². The molecule has 1 N–H and O–H groups in total. The zero-order valence-corrected chi connectivity index (χ0v) is 16.8. The molecular formula is C17H19N3O8S. The SMILES string of the molecule is COc1ccc([N+](=O)[O-])cc1Oc1ccc(S(=O)(=O)NC(C)(C)C)cc1[N+](=O)[O-]. The van der Waals surface area contributed by atoms with Crippen LogP contribution in [0.1, 0.15) is 20.8 Å². The van der Waals surface area contributed by atoms with Gasteiger partial charge in [0.15, 0.2) is 11.5 Å². The zero-order chi connectivity index (χ0) is 22.0. The molecule has 11 nitrogen and oxygen atoms in total. The molecule has 0 atom stereocenters. The first-order valence-electron chi connectivity index (χ1n) is 8.17. The lowest BCUT2D eigenvalue weighted by atomic mass is 10.1. The summed E-state index contributed by atoms with van der Waals surface area (Å²) in [4.78, 5) is 20.7. The van der Waals surface area contributed by atoms with Gasteiger partial charge in [0.05, 0.1) is 27.9 Å². The molecule has 0 heterocycles. The second kappa shape index (κ2) is 8.01. The van der Waals surface area contributed by atoms with Gasteiger partial charge in [0.2, 0.25) is 15.8 Å². The third-order valence-corrected chi connectivity index (χ3v) is 5.21. The number of nitrogens with one attached hydrogen (secondary N) is 1. The number of hydrogen-bond donors (Lipinski definition) is 1. The maximum Gasteiger partial charge on any atom is 0.312 e. The van der Waals surface area contributed by atoms with Crippen LogP contribution in [0.2, 0.25) is 0 Å². The third kappa shape index (κ3) is 5.39. The van der Waals surface area contributed by atoms with Gasteiger partial charge in [0.1, 0.15) is 0 Å². The maximum absolute atomic E-state index is 12.4. The van der Waals surface area contributed by atoms with Crippen molar-refractivity contribution in [1.82, 2.24) is 4.72 Å². The number of ether oxygens (including phenoxy) is 2. The lowest BCUT2D eigenvalue weighted by molar-refractivity contribution is -0.386. The monoisotopic (exact) mass is 425 g/mol.